The van der Waals surface area contributed by atoms with Gasteiger partial charge in [-0.05, 0) is 43.4 Å². The predicted octanol–water partition coefficient (Wildman–Crippen LogP) is 1.43. The lowest BCUT2D eigenvalue weighted by atomic mass is 10.1. The predicted molar refractivity (Wildman–Crippen MR) is 119 cm³/mol. The maximum absolute atomic E-state index is 12.7. The fourth-order valence-corrected chi connectivity index (χ4v) is 3.45. The van der Waals surface area contributed by atoms with Crippen LogP contribution >= 0.6 is 11.3 Å². The molecule has 1 aromatic carbocycles. The average molecular weight is 450 g/mol. The molecule has 0 saturated heterocycles. The molecule has 0 radical (unpaired) electrons. The molecule has 12 heteroatoms. The highest BCUT2D eigenvalue weighted by Crippen LogP contribution is 2.19. The summed E-state index contributed by atoms with van der Waals surface area (Å²) in [4.78, 5) is 43.7. The molecule has 0 unspecified atom stereocenters. The number of thiazole rings is 1. The molecule has 0 saturated carbocycles. The number of hydrazine groups is 1. The Labute approximate surface area is 183 Å². The second kappa shape index (κ2) is 11.8. The zero-order valence-electron chi connectivity index (χ0n) is 17.5. The number of fused-ring (bicyclic) bond motifs is 1. The first kappa shape index (κ1) is 24.0. The summed E-state index contributed by atoms with van der Waals surface area (Å²) in [6.07, 6.45) is 1.52. The van der Waals surface area contributed by atoms with Gasteiger partial charge in [0.05, 0.1) is 15.7 Å². The van der Waals surface area contributed by atoms with Crippen LogP contribution in [-0.2, 0) is 4.79 Å². The van der Waals surface area contributed by atoms with Gasteiger partial charge in [0.15, 0.2) is 5.03 Å². The van der Waals surface area contributed by atoms with Gasteiger partial charge in [0, 0.05) is 18.7 Å². The number of rotatable bonds is 11. The summed E-state index contributed by atoms with van der Waals surface area (Å²) in [6, 6.07) is 4.40. The smallest absolute Gasteiger partial charge is 0.251 e. The fourth-order valence-electron chi connectivity index (χ4n) is 2.74. The molecular formula is C19H27N7O4S. The number of carbonyl (C=O) groups is 2. The minimum Gasteiger partial charge on any atom is -0.365 e. The number of aliphatic imine (C=N–C) groups is 1. The number of benzene rings is 1. The van der Waals surface area contributed by atoms with E-state index in [2.05, 4.69) is 34.5 Å². The Bertz CT molecular complexity index is 944. The third-order valence-corrected chi connectivity index (χ3v) is 5.17. The van der Waals surface area contributed by atoms with Crippen molar-refractivity contribution in [3.05, 3.63) is 39.4 Å². The Hall–Kier alpha value is -3.28. The monoisotopic (exact) mass is 449 g/mol. The summed E-state index contributed by atoms with van der Waals surface area (Å²) < 4.78 is 0.883. The molecular weight excluding hydrogens is 422 g/mol. The van der Waals surface area contributed by atoms with E-state index >= 15 is 0 Å². The maximum atomic E-state index is 12.7. The molecule has 0 aliphatic rings. The molecule has 0 fully saturated rings. The summed E-state index contributed by atoms with van der Waals surface area (Å²) in [5, 5.41) is 15.2. The lowest BCUT2D eigenvalue weighted by Crippen LogP contribution is -2.47. The first-order valence-corrected chi connectivity index (χ1v) is 10.8. The Morgan fingerprint density at radius 3 is 2.81 bits per heavy atom. The molecule has 2 rings (SSSR count). The van der Waals surface area contributed by atoms with Gasteiger partial charge in [-0.2, -0.15) is 0 Å². The van der Waals surface area contributed by atoms with Crippen LogP contribution in [-0.4, -0.2) is 46.9 Å². The van der Waals surface area contributed by atoms with E-state index in [0.29, 0.717) is 30.9 Å². The molecule has 2 aromatic rings. The molecule has 2 amide bonds. The number of aromatic nitrogens is 1. The standard InChI is InChI=1S/C19H27N7O4S/c1-12(2)7-9-21-18(28)15(4-3-8-22-19(20)25-26(29)30)24-17(27)13-5-6-14-16(10-13)31-11-23-14/h5-6,10-12,15H,3-4,7-9H2,1-2H3,(H,21,28)(H,24,27)(H3,20,22,25)/t15-/m0/s1. The van der Waals surface area contributed by atoms with Gasteiger partial charge in [0.25, 0.3) is 11.9 Å². The fraction of sp³-hybridized carbons (Fsp3) is 0.474. The topological polar surface area (TPSA) is 165 Å². The summed E-state index contributed by atoms with van der Waals surface area (Å²) in [7, 11) is 0. The second-order valence-corrected chi connectivity index (χ2v) is 8.20. The quantitative estimate of drug-likeness (QED) is 0.132. The maximum Gasteiger partial charge on any atom is 0.251 e. The van der Waals surface area contributed by atoms with Gasteiger partial charge in [-0.15, -0.1) is 11.3 Å². The van der Waals surface area contributed by atoms with Crippen LogP contribution in [0.15, 0.2) is 28.7 Å². The van der Waals surface area contributed by atoms with Crippen LogP contribution in [0.5, 0.6) is 0 Å². The van der Waals surface area contributed by atoms with Crippen LogP contribution in [0, 0.1) is 16.0 Å². The highest BCUT2D eigenvalue weighted by Gasteiger charge is 2.21. The van der Waals surface area contributed by atoms with Gasteiger partial charge < -0.3 is 16.4 Å². The van der Waals surface area contributed by atoms with E-state index in [-0.39, 0.29) is 24.3 Å². The molecule has 0 bridgehead atoms. The Kier molecular flexibility index (Phi) is 9.13. The molecule has 5 N–H and O–H groups in total. The number of hydrogen-bond donors (Lipinski definition) is 4. The Morgan fingerprint density at radius 2 is 2.10 bits per heavy atom. The zero-order valence-corrected chi connectivity index (χ0v) is 18.3. The van der Waals surface area contributed by atoms with Crippen molar-refractivity contribution in [1.82, 2.24) is 21.0 Å². The second-order valence-electron chi connectivity index (χ2n) is 7.31. The van der Waals surface area contributed by atoms with Gasteiger partial charge >= 0.3 is 0 Å². The van der Waals surface area contributed by atoms with Crippen LogP contribution in [0.4, 0.5) is 0 Å². The summed E-state index contributed by atoms with van der Waals surface area (Å²) >= 11 is 1.43. The van der Waals surface area contributed by atoms with E-state index in [0.717, 1.165) is 16.6 Å². The number of nitro groups is 1. The molecule has 31 heavy (non-hydrogen) atoms. The Balaban J connectivity index is 2.00. The minimum atomic E-state index is -0.802. The normalized spacial score (nSPS) is 12.5. The van der Waals surface area contributed by atoms with E-state index in [1.165, 1.54) is 11.3 Å². The number of hydrogen-bond acceptors (Lipinski definition) is 7. The van der Waals surface area contributed by atoms with Gasteiger partial charge in [-0.25, -0.2) is 20.1 Å². The number of amides is 2. The Morgan fingerprint density at radius 1 is 1.32 bits per heavy atom. The molecule has 1 aromatic heterocycles. The largest absolute Gasteiger partial charge is 0.365 e. The van der Waals surface area contributed by atoms with Crippen molar-refractivity contribution >= 4 is 39.3 Å². The van der Waals surface area contributed by atoms with Crippen molar-refractivity contribution in [1.29, 1.82) is 0 Å². The van der Waals surface area contributed by atoms with E-state index in [4.69, 9.17) is 5.73 Å². The summed E-state index contributed by atoms with van der Waals surface area (Å²) in [6.45, 7) is 4.80. The van der Waals surface area contributed by atoms with E-state index < -0.39 is 11.1 Å². The molecule has 1 heterocycles. The number of guanidine groups is 1. The molecule has 0 spiro atoms. The third-order valence-electron chi connectivity index (χ3n) is 4.38. The van der Waals surface area contributed by atoms with Crippen LogP contribution in [0.1, 0.15) is 43.5 Å². The van der Waals surface area contributed by atoms with E-state index in [1.807, 2.05) is 0 Å². The van der Waals surface area contributed by atoms with Crippen molar-refractivity contribution in [2.75, 3.05) is 13.1 Å². The molecule has 168 valence electrons. The van der Waals surface area contributed by atoms with Gasteiger partial charge in [0.2, 0.25) is 5.91 Å². The highest BCUT2D eigenvalue weighted by atomic mass is 32.1. The van der Waals surface area contributed by atoms with Crippen LogP contribution < -0.4 is 21.8 Å². The first-order chi connectivity index (χ1) is 14.8. The van der Waals surface area contributed by atoms with Crippen LogP contribution in [0.2, 0.25) is 0 Å². The van der Waals surface area contributed by atoms with Gasteiger partial charge in [-0.3, -0.25) is 9.59 Å². The SMILES string of the molecule is CC(C)CCNC(=O)[C@H](CCCN=C(N)N[N+](=O)[O-])NC(=O)c1ccc2ncsc2c1. The van der Waals surface area contributed by atoms with Crippen LogP contribution in [0.3, 0.4) is 0 Å². The number of nitrogens with one attached hydrogen (secondary N) is 3. The lowest BCUT2D eigenvalue weighted by molar-refractivity contribution is -0.525. The van der Waals surface area contributed by atoms with Crippen molar-refractivity contribution < 1.29 is 14.6 Å². The van der Waals surface area contributed by atoms with Crippen molar-refractivity contribution in [3.63, 3.8) is 0 Å². The van der Waals surface area contributed by atoms with Gasteiger partial charge in [0.1, 0.15) is 6.04 Å². The van der Waals surface area contributed by atoms with Crippen LogP contribution in [0.25, 0.3) is 10.2 Å². The minimum absolute atomic E-state index is 0.172. The van der Waals surface area contributed by atoms with Gasteiger partial charge in [-0.1, -0.05) is 19.3 Å². The van der Waals surface area contributed by atoms with Crippen molar-refractivity contribution in [2.24, 2.45) is 16.6 Å². The number of carbonyl (C=O) groups excluding carboxylic acids is 2. The molecule has 0 aliphatic heterocycles. The molecule has 0 aliphatic carbocycles. The number of nitrogens with zero attached hydrogens (tertiary/aromatic N) is 3. The molecule has 11 nitrogen and oxygen atoms in total. The zero-order chi connectivity index (χ0) is 22.8. The summed E-state index contributed by atoms with van der Waals surface area (Å²) in [5.41, 5.74) is 10.1. The lowest BCUT2D eigenvalue weighted by Gasteiger charge is -2.19. The average Bonchev–Trinajstić information content (AvgIpc) is 3.17. The third kappa shape index (κ3) is 8.16. The molecule has 1 atom stereocenters. The van der Waals surface area contributed by atoms with Crippen molar-refractivity contribution in [2.45, 2.75) is 39.2 Å². The van der Waals surface area contributed by atoms with E-state index in [9.17, 15) is 19.7 Å². The first-order valence-electron chi connectivity index (χ1n) is 9.89. The highest BCUT2D eigenvalue weighted by molar-refractivity contribution is 7.16. The number of nitrogens with two attached hydrogens (primary N) is 1. The summed E-state index contributed by atoms with van der Waals surface area (Å²) in [5.74, 6) is -0.527. The van der Waals surface area contributed by atoms with Crippen molar-refractivity contribution in [3.8, 4) is 0 Å². The van der Waals surface area contributed by atoms with E-state index in [1.54, 1.807) is 29.1 Å².